The Hall–Kier alpha value is -1.30. The topological polar surface area (TPSA) is 81.1 Å². The number of carboxylic acids is 1. The molecule has 17 heavy (non-hydrogen) atoms. The first-order valence-corrected chi connectivity index (χ1v) is 5.82. The van der Waals surface area contributed by atoms with E-state index in [1.165, 1.54) is 4.90 Å². The fourth-order valence-corrected chi connectivity index (χ4v) is 1.71. The van der Waals surface area contributed by atoms with Crippen molar-refractivity contribution in [3.05, 3.63) is 0 Å². The molecule has 0 aromatic carbocycles. The smallest absolute Gasteiger partial charge is 0.320 e. The molecule has 1 atom stereocenters. The van der Waals surface area contributed by atoms with E-state index in [1.54, 1.807) is 18.9 Å². The quantitative estimate of drug-likeness (QED) is 0.700. The Bertz CT molecular complexity index is 291. The van der Waals surface area contributed by atoms with E-state index in [1.807, 2.05) is 0 Å². The molecule has 0 aromatic heterocycles. The van der Waals surface area contributed by atoms with Crippen molar-refractivity contribution >= 4 is 12.0 Å². The fourth-order valence-electron chi connectivity index (χ4n) is 1.71. The molecule has 1 aliphatic carbocycles. The normalized spacial score (nSPS) is 16.4. The van der Waals surface area contributed by atoms with Gasteiger partial charge in [0.1, 0.15) is 0 Å². The summed E-state index contributed by atoms with van der Waals surface area (Å²) in [5.41, 5.74) is 0. The largest absolute Gasteiger partial charge is 0.481 e. The molecule has 2 amide bonds. The average molecular weight is 244 g/mol. The third-order valence-corrected chi connectivity index (χ3v) is 2.87. The summed E-state index contributed by atoms with van der Waals surface area (Å²) in [6.07, 6.45) is 1.93. The molecule has 6 heteroatoms. The van der Waals surface area contributed by atoms with Crippen molar-refractivity contribution in [3.8, 4) is 0 Å². The second kappa shape index (κ2) is 5.86. The van der Waals surface area contributed by atoms with Gasteiger partial charge in [-0.05, 0) is 12.8 Å². The summed E-state index contributed by atoms with van der Waals surface area (Å²) in [6, 6.07) is 0.0203. The summed E-state index contributed by atoms with van der Waals surface area (Å²) in [6.45, 7) is 2.00. The molecular weight excluding hydrogens is 224 g/mol. The van der Waals surface area contributed by atoms with Gasteiger partial charge in [-0.15, -0.1) is 0 Å². The number of urea groups is 1. The van der Waals surface area contributed by atoms with Crippen LogP contribution in [-0.2, 0) is 4.79 Å². The van der Waals surface area contributed by atoms with Crippen molar-refractivity contribution in [2.24, 2.45) is 5.92 Å². The first kappa shape index (κ1) is 13.8. The van der Waals surface area contributed by atoms with Gasteiger partial charge in [-0.1, -0.05) is 6.92 Å². The van der Waals surface area contributed by atoms with Crippen molar-refractivity contribution in [3.63, 3.8) is 0 Å². The van der Waals surface area contributed by atoms with Crippen LogP contribution in [0.2, 0.25) is 0 Å². The molecule has 1 fully saturated rings. The maximum Gasteiger partial charge on any atom is 0.320 e. The highest BCUT2D eigenvalue weighted by Gasteiger charge is 2.34. The predicted molar refractivity (Wildman–Crippen MR) is 61.6 cm³/mol. The standard InChI is InChI=1S/C11H20N2O4/c1-8(10(15)16)7-12(2)11(17)13(5-6-14)9-3-4-9/h8-9,14H,3-7H2,1-2H3,(H,15,16). The van der Waals surface area contributed by atoms with E-state index >= 15 is 0 Å². The molecule has 0 heterocycles. The molecule has 0 bridgehead atoms. The molecule has 0 saturated heterocycles. The van der Waals surface area contributed by atoms with Crippen LogP contribution in [0.4, 0.5) is 4.79 Å². The number of carboxylic acid groups (broad SMARTS) is 1. The summed E-state index contributed by atoms with van der Waals surface area (Å²) in [5, 5.41) is 17.7. The molecular formula is C11H20N2O4. The summed E-state index contributed by atoms with van der Waals surface area (Å²) in [5.74, 6) is -1.50. The summed E-state index contributed by atoms with van der Waals surface area (Å²) >= 11 is 0. The first-order chi connectivity index (χ1) is 7.97. The number of carbonyl (C=O) groups is 2. The van der Waals surface area contributed by atoms with Gasteiger partial charge in [0.05, 0.1) is 12.5 Å². The van der Waals surface area contributed by atoms with Crippen molar-refractivity contribution in [1.82, 2.24) is 9.80 Å². The molecule has 1 saturated carbocycles. The third-order valence-electron chi connectivity index (χ3n) is 2.87. The molecule has 2 N–H and O–H groups in total. The fraction of sp³-hybridized carbons (Fsp3) is 0.818. The van der Waals surface area contributed by atoms with Crippen LogP contribution in [0.15, 0.2) is 0 Å². The zero-order chi connectivity index (χ0) is 13.0. The van der Waals surface area contributed by atoms with Crippen molar-refractivity contribution in [2.75, 3.05) is 26.7 Å². The van der Waals surface area contributed by atoms with Gasteiger partial charge in [0.25, 0.3) is 0 Å². The van der Waals surface area contributed by atoms with Crippen LogP contribution in [0.3, 0.4) is 0 Å². The minimum absolute atomic E-state index is 0.0649. The van der Waals surface area contributed by atoms with E-state index in [0.717, 1.165) is 12.8 Å². The lowest BCUT2D eigenvalue weighted by Crippen LogP contribution is -2.45. The molecule has 1 unspecified atom stereocenters. The molecule has 0 spiro atoms. The van der Waals surface area contributed by atoms with E-state index in [9.17, 15) is 9.59 Å². The Morgan fingerprint density at radius 3 is 2.41 bits per heavy atom. The lowest BCUT2D eigenvalue weighted by atomic mass is 10.2. The van der Waals surface area contributed by atoms with Gasteiger partial charge < -0.3 is 20.0 Å². The van der Waals surface area contributed by atoms with Gasteiger partial charge in [0.2, 0.25) is 0 Å². The molecule has 6 nitrogen and oxygen atoms in total. The van der Waals surface area contributed by atoms with Gasteiger partial charge in [-0.25, -0.2) is 4.79 Å². The van der Waals surface area contributed by atoms with E-state index < -0.39 is 11.9 Å². The van der Waals surface area contributed by atoms with Crippen LogP contribution in [0, 0.1) is 5.92 Å². The number of rotatable bonds is 6. The average Bonchev–Trinajstić information content (AvgIpc) is 3.08. The highest BCUT2D eigenvalue weighted by molar-refractivity contribution is 5.76. The van der Waals surface area contributed by atoms with Gasteiger partial charge in [0.15, 0.2) is 0 Å². The maximum atomic E-state index is 12.0. The Balaban J connectivity index is 2.51. The van der Waals surface area contributed by atoms with Crippen molar-refractivity contribution < 1.29 is 19.8 Å². The Morgan fingerprint density at radius 2 is 2.00 bits per heavy atom. The number of aliphatic hydroxyl groups excluding tert-OH is 1. The van der Waals surface area contributed by atoms with Crippen LogP contribution in [0.1, 0.15) is 19.8 Å². The van der Waals surface area contributed by atoms with Gasteiger partial charge in [0, 0.05) is 26.2 Å². The van der Waals surface area contributed by atoms with Gasteiger partial charge in [-0.2, -0.15) is 0 Å². The highest BCUT2D eigenvalue weighted by Crippen LogP contribution is 2.27. The molecule has 0 aliphatic heterocycles. The first-order valence-electron chi connectivity index (χ1n) is 5.82. The number of nitrogens with zero attached hydrogens (tertiary/aromatic N) is 2. The lowest BCUT2D eigenvalue weighted by molar-refractivity contribution is -0.141. The number of aliphatic carboxylic acids is 1. The van der Waals surface area contributed by atoms with Gasteiger partial charge in [-0.3, -0.25) is 4.79 Å². The summed E-state index contributed by atoms with van der Waals surface area (Å²) < 4.78 is 0. The second-order valence-electron chi connectivity index (χ2n) is 4.55. The van der Waals surface area contributed by atoms with E-state index in [2.05, 4.69) is 0 Å². The highest BCUT2D eigenvalue weighted by atomic mass is 16.4. The number of hydrogen-bond donors (Lipinski definition) is 2. The summed E-state index contributed by atoms with van der Waals surface area (Å²) in [4.78, 5) is 25.8. The molecule has 0 radical (unpaired) electrons. The van der Waals surface area contributed by atoms with Crippen molar-refractivity contribution in [2.45, 2.75) is 25.8 Å². The van der Waals surface area contributed by atoms with E-state index in [-0.39, 0.29) is 25.2 Å². The van der Waals surface area contributed by atoms with Crippen molar-refractivity contribution in [1.29, 1.82) is 0 Å². The molecule has 1 rings (SSSR count). The number of amides is 2. The number of hydrogen-bond acceptors (Lipinski definition) is 3. The Morgan fingerprint density at radius 1 is 1.41 bits per heavy atom. The zero-order valence-electron chi connectivity index (χ0n) is 10.3. The molecule has 1 aliphatic rings. The summed E-state index contributed by atoms with van der Waals surface area (Å²) in [7, 11) is 1.59. The lowest BCUT2D eigenvalue weighted by Gasteiger charge is -2.28. The van der Waals surface area contributed by atoms with Crippen LogP contribution in [0.5, 0.6) is 0 Å². The number of aliphatic hydroxyl groups is 1. The molecule has 0 aromatic rings. The SMILES string of the molecule is CC(CN(C)C(=O)N(CCO)C1CC1)C(=O)O. The molecule has 98 valence electrons. The number of carbonyl (C=O) groups excluding carboxylic acids is 1. The van der Waals surface area contributed by atoms with E-state index in [4.69, 9.17) is 10.2 Å². The van der Waals surface area contributed by atoms with Crippen LogP contribution in [0.25, 0.3) is 0 Å². The maximum absolute atomic E-state index is 12.0. The minimum Gasteiger partial charge on any atom is -0.481 e. The predicted octanol–water partition coefficient (Wildman–Crippen LogP) is 0.216. The second-order valence-corrected chi connectivity index (χ2v) is 4.55. The zero-order valence-corrected chi connectivity index (χ0v) is 10.3. The van der Waals surface area contributed by atoms with Crippen LogP contribution in [-0.4, -0.2) is 64.8 Å². The van der Waals surface area contributed by atoms with Crippen LogP contribution >= 0.6 is 0 Å². The monoisotopic (exact) mass is 244 g/mol. The minimum atomic E-state index is -0.912. The Labute approximate surface area is 101 Å². The third kappa shape index (κ3) is 3.89. The Kier molecular flexibility index (Phi) is 4.74. The van der Waals surface area contributed by atoms with E-state index in [0.29, 0.717) is 6.54 Å². The van der Waals surface area contributed by atoms with Crippen LogP contribution < -0.4 is 0 Å². The van der Waals surface area contributed by atoms with Gasteiger partial charge >= 0.3 is 12.0 Å².